The van der Waals surface area contributed by atoms with Crippen molar-refractivity contribution in [2.45, 2.75) is 32.7 Å². The molecule has 3 aromatic rings. The molecule has 2 N–H and O–H groups in total. The van der Waals surface area contributed by atoms with Crippen molar-refractivity contribution in [2.75, 3.05) is 64.0 Å². The van der Waals surface area contributed by atoms with Gasteiger partial charge in [-0.15, -0.1) is 0 Å². The number of carbonyl (C=O) groups is 1. The first-order valence-electron chi connectivity index (χ1n) is 12.7. The molecule has 11 nitrogen and oxygen atoms in total. The Bertz CT molecular complexity index is 1300. The summed E-state index contributed by atoms with van der Waals surface area (Å²) < 4.78 is 12.7. The van der Waals surface area contributed by atoms with Crippen LogP contribution in [-0.4, -0.2) is 79.1 Å². The van der Waals surface area contributed by atoms with E-state index in [2.05, 4.69) is 47.9 Å². The Labute approximate surface area is 230 Å². The molecule has 0 aliphatic carbocycles. The molecule has 2 heterocycles. The highest BCUT2D eigenvalue weighted by Gasteiger charge is 2.23. The lowest BCUT2D eigenvalue weighted by Gasteiger charge is -2.24. The average molecular weight is 537 g/mol. The fourth-order valence-corrected chi connectivity index (χ4v) is 4.06. The van der Waals surface area contributed by atoms with E-state index >= 15 is 0 Å². The third-order valence-electron chi connectivity index (χ3n) is 5.91. The van der Waals surface area contributed by atoms with Crippen molar-refractivity contribution in [3.63, 3.8) is 0 Å². The SMILES string of the molecule is C=CC(=O)Nc1cc(Nc2nccc(-n3cc(CN(C)C)c(C(C)(C)C)n3)n2)c(OC)cc1N(C)CCOC. The molecule has 11 heteroatoms. The fraction of sp³-hybridized carbons (Fsp3) is 0.429. The lowest BCUT2D eigenvalue weighted by atomic mass is 9.89. The first kappa shape index (κ1) is 29.6. The highest BCUT2D eigenvalue weighted by atomic mass is 16.5. The first-order chi connectivity index (χ1) is 18.5. The van der Waals surface area contributed by atoms with Crippen LogP contribution < -0.4 is 20.3 Å². The number of hydrogen-bond acceptors (Lipinski definition) is 9. The largest absolute Gasteiger partial charge is 0.494 e. The van der Waals surface area contributed by atoms with E-state index in [0.29, 0.717) is 42.0 Å². The third-order valence-corrected chi connectivity index (χ3v) is 5.91. The monoisotopic (exact) mass is 536 g/mol. The molecule has 0 fully saturated rings. The number of amides is 1. The second kappa shape index (κ2) is 12.7. The van der Waals surface area contributed by atoms with Crippen LogP contribution in [0.1, 0.15) is 32.0 Å². The van der Waals surface area contributed by atoms with Crippen molar-refractivity contribution in [1.29, 1.82) is 0 Å². The lowest BCUT2D eigenvalue weighted by Crippen LogP contribution is -2.24. The molecule has 0 spiro atoms. The normalized spacial score (nSPS) is 11.4. The van der Waals surface area contributed by atoms with Crippen LogP contribution in [0.25, 0.3) is 5.82 Å². The van der Waals surface area contributed by atoms with E-state index in [-0.39, 0.29) is 11.3 Å². The van der Waals surface area contributed by atoms with Crippen LogP contribution in [0.15, 0.2) is 43.2 Å². The van der Waals surface area contributed by atoms with Gasteiger partial charge in [-0.25, -0.2) is 9.67 Å². The van der Waals surface area contributed by atoms with Gasteiger partial charge in [0.15, 0.2) is 5.82 Å². The fourth-order valence-electron chi connectivity index (χ4n) is 4.06. The lowest BCUT2D eigenvalue weighted by molar-refractivity contribution is -0.111. The quantitative estimate of drug-likeness (QED) is 0.332. The van der Waals surface area contributed by atoms with Gasteiger partial charge >= 0.3 is 0 Å². The Kier molecular flexibility index (Phi) is 9.66. The molecule has 0 atom stereocenters. The first-order valence-corrected chi connectivity index (χ1v) is 12.7. The highest BCUT2D eigenvalue weighted by molar-refractivity contribution is 6.02. The summed E-state index contributed by atoms with van der Waals surface area (Å²) in [7, 11) is 9.22. The minimum absolute atomic E-state index is 0.123. The van der Waals surface area contributed by atoms with E-state index in [0.717, 1.165) is 23.5 Å². The Morgan fingerprint density at radius 3 is 2.54 bits per heavy atom. The van der Waals surface area contributed by atoms with Gasteiger partial charge in [0.1, 0.15) is 5.75 Å². The number of carbonyl (C=O) groups excluding carboxylic acids is 1. The summed E-state index contributed by atoms with van der Waals surface area (Å²) in [6.07, 6.45) is 4.92. The minimum Gasteiger partial charge on any atom is -0.494 e. The van der Waals surface area contributed by atoms with E-state index in [9.17, 15) is 4.79 Å². The van der Waals surface area contributed by atoms with E-state index in [1.165, 1.54) is 6.08 Å². The molecule has 0 saturated heterocycles. The average Bonchev–Trinajstić information content (AvgIpc) is 3.31. The zero-order valence-electron chi connectivity index (χ0n) is 24.2. The highest BCUT2D eigenvalue weighted by Crippen LogP contribution is 2.38. The van der Waals surface area contributed by atoms with Gasteiger partial charge in [0.2, 0.25) is 11.9 Å². The van der Waals surface area contributed by atoms with Gasteiger partial charge in [-0.3, -0.25) is 4.79 Å². The second-order valence-corrected chi connectivity index (χ2v) is 10.5. The summed E-state index contributed by atoms with van der Waals surface area (Å²) in [6.45, 7) is 11.9. The molecule has 0 aliphatic rings. The van der Waals surface area contributed by atoms with Gasteiger partial charge < -0.3 is 29.9 Å². The van der Waals surface area contributed by atoms with Gasteiger partial charge in [-0.05, 0) is 26.2 Å². The zero-order chi connectivity index (χ0) is 28.7. The number of ether oxygens (including phenoxy) is 2. The molecule has 0 radical (unpaired) electrons. The number of methoxy groups -OCH3 is 2. The summed E-state index contributed by atoms with van der Waals surface area (Å²) in [5, 5.41) is 11.0. The number of nitrogens with zero attached hydrogens (tertiary/aromatic N) is 6. The third kappa shape index (κ3) is 7.55. The summed E-state index contributed by atoms with van der Waals surface area (Å²) in [4.78, 5) is 25.4. The molecule has 39 heavy (non-hydrogen) atoms. The second-order valence-electron chi connectivity index (χ2n) is 10.5. The molecule has 1 amide bonds. The van der Waals surface area contributed by atoms with Crippen molar-refractivity contribution in [3.8, 4) is 11.6 Å². The van der Waals surface area contributed by atoms with Gasteiger partial charge in [-0.1, -0.05) is 27.4 Å². The number of anilines is 4. The van der Waals surface area contributed by atoms with Crippen LogP contribution in [0.5, 0.6) is 5.75 Å². The molecule has 0 unspecified atom stereocenters. The van der Waals surface area contributed by atoms with Gasteiger partial charge in [0, 0.05) is 62.8 Å². The van der Waals surface area contributed by atoms with Crippen LogP contribution >= 0.6 is 0 Å². The predicted molar refractivity (Wildman–Crippen MR) is 155 cm³/mol. The summed E-state index contributed by atoms with van der Waals surface area (Å²) in [6, 6.07) is 5.44. The molecule has 0 bridgehead atoms. The van der Waals surface area contributed by atoms with Crippen LogP contribution in [0.4, 0.5) is 23.0 Å². The number of benzene rings is 1. The maximum absolute atomic E-state index is 12.2. The maximum atomic E-state index is 12.2. The summed E-state index contributed by atoms with van der Waals surface area (Å²) >= 11 is 0. The molecule has 0 saturated carbocycles. The molecular formula is C28H40N8O3. The van der Waals surface area contributed by atoms with Crippen molar-refractivity contribution in [3.05, 3.63) is 54.5 Å². The van der Waals surface area contributed by atoms with Crippen LogP contribution in [-0.2, 0) is 21.5 Å². The number of aromatic nitrogens is 4. The Hall–Kier alpha value is -3.96. The Morgan fingerprint density at radius 1 is 1.18 bits per heavy atom. The minimum atomic E-state index is -0.326. The summed E-state index contributed by atoms with van der Waals surface area (Å²) in [5.74, 6) is 1.21. The Balaban J connectivity index is 2.00. The number of hydrogen-bond donors (Lipinski definition) is 2. The van der Waals surface area contributed by atoms with Crippen molar-refractivity contribution in [1.82, 2.24) is 24.6 Å². The molecule has 1 aromatic carbocycles. The van der Waals surface area contributed by atoms with E-state index < -0.39 is 0 Å². The van der Waals surface area contributed by atoms with Crippen LogP contribution in [0, 0.1) is 0 Å². The maximum Gasteiger partial charge on any atom is 0.247 e. The number of nitrogens with one attached hydrogen (secondary N) is 2. The van der Waals surface area contributed by atoms with Gasteiger partial charge in [0.25, 0.3) is 0 Å². The van der Waals surface area contributed by atoms with E-state index in [4.69, 9.17) is 19.6 Å². The van der Waals surface area contributed by atoms with E-state index in [1.807, 2.05) is 44.4 Å². The van der Waals surface area contributed by atoms with E-state index in [1.54, 1.807) is 31.2 Å². The molecule has 3 rings (SSSR count). The van der Waals surface area contributed by atoms with Gasteiger partial charge in [-0.2, -0.15) is 10.1 Å². The van der Waals surface area contributed by atoms with Crippen molar-refractivity contribution >= 4 is 28.9 Å². The van der Waals surface area contributed by atoms with Crippen molar-refractivity contribution < 1.29 is 14.3 Å². The molecule has 2 aromatic heterocycles. The van der Waals surface area contributed by atoms with Crippen molar-refractivity contribution in [2.24, 2.45) is 0 Å². The zero-order valence-corrected chi connectivity index (χ0v) is 24.2. The number of rotatable bonds is 12. The molecular weight excluding hydrogens is 496 g/mol. The summed E-state index contributed by atoms with van der Waals surface area (Å²) in [5.41, 5.74) is 3.96. The predicted octanol–water partition coefficient (Wildman–Crippen LogP) is 3.98. The van der Waals surface area contributed by atoms with Gasteiger partial charge in [0.05, 0.1) is 36.5 Å². The number of likely N-dealkylation sites (N-methyl/N-ethyl adjacent to an activating group) is 1. The van der Waals surface area contributed by atoms with Crippen LogP contribution in [0.3, 0.4) is 0 Å². The molecule has 210 valence electrons. The topological polar surface area (TPSA) is 110 Å². The Morgan fingerprint density at radius 2 is 1.92 bits per heavy atom. The smallest absolute Gasteiger partial charge is 0.247 e. The standard InChI is InChI=1S/C28H40N8O3/c1-10-25(37)30-20-15-21(23(39-9)16-22(20)35(7)13-14-38-8)31-27-29-12-11-24(32-27)36-18-19(17-34(5)6)26(33-36)28(2,3)4/h10-12,15-16,18H,1,13-14,17H2,2-9H3,(H,30,37)(H,29,31,32). The van der Waals surface area contributed by atoms with Crippen LogP contribution in [0.2, 0.25) is 0 Å². The molecule has 0 aliphatic heterocycles.